The first-order valence-corrected chi connectivity index (χ1v) is 7.68. The van der Waals surface area contributed by atoms with Crippen molar-refractivity contribution in [3.05, 3.63) is 63.4 Å². The molecule has 1 atom stereocenters. The van der Waals surface area contributed by atoms with Crippen LogP contribution in [0, 0.1) is 5.82 Å². The van der Waals surface area contributed by atoms with Crippen LogP contribution in [-0.2, 0) is 11.2 Å². The van der Waals surface area contributed by atoms with Gasteiger partial charge in [0.1, 0.15) is 5.82 Å². The summed E-state index contributed by atoms with van der Waals surface area (Å²) < 4.78 is 14.1. The van der Waals surface area contributed by atoms with Crippen molar-refractivity contribution >= 4 is 39.1 Å². The number of anilines is 1. The average molecular weight is 369 g/mol. The van der Waals surface area contributed by atoms with Crippen LogP contribution in [0.2, 0.25) is 0 Å². The third-order valence-electron chi connectivity index (χ3n) is 3.65. The molecule has 1 aliphatic heterocycles. The summed E-state index contributed by atoms with van der Waals surface area (Å²) in [5.41, 5.74) is 3.41. The highest BCUT2D eigenvalue weighted by atomic mass is 79.9. The topological polar surface area (TPSA) is 20.3 Å². The number of amides is 1. The lowest BCUT2D eigenvalue weighted by molar-refractivity contribution is -0.117. The van der Waals surface area contributed by atoms with Gasteiger partial charge in [-0.15, -0.1) is 11.6 Å². The minimum atomic E-state index is -0.455. The van der Waals surface area contributed by atoms with Gasteiger partial charge >= 0.3 is 0 Å². The van der Waals surface area contributed by atoms with Crippen molar-refractivity contribution in [3.63, 3.8) is 0 Å². The number of alkyl halides is 1. The van der Waals surface area contributed by atoms with E-state index in [1.165, 1.54) is 12.1 Å². The Morgan fingerprint density at radius 1 is 1.24 bits per heavy atom. The maximum atomic E-state index is 13.5. The van der Waals surface area contributed by atoms with Crippen LogP contribution in [-0.4, -0.2) is 13.0 Å². The van der Waals surface area contributed by atoms with E-state index in [1.807, 2.05) is 18.2 Å². The molecular weight excluding hydrogens is 357 g/mol. The Balaban J connectivity index is 1.98. The number of likely N-dealkylation sites (N-methyl/N-ethyl adjacent to an activating group) is 1. The Hall–Kier alpha value is -1.39. The minimum Gasteiger partial charge on any atom is -0.315 e. The van der Waals surface area contributed by atoms with Gasteiger partial charge in [0.25, 0.3) is 0 Å². The molecule has 1 heterocycles. The monoisotopic (exact) mass is 367 g/mol. The molecule has 5 heteroatoms. The Morgan fingerprint density at radius 2 is 2.00 bits per heavy atom. The van der Waals surface area contributed by atoms with E-state index in [4.69, 9.17) is 11.6 Å². The molecule has 0 bridgehead atoms. The summed E-state index contributed by atoms with van der Waals surface area (Å²) in [6.07, 6.45) is 0.385. The van der Waals surface area contributed by atoms with Gasteiger partial charge in [-0.1, -0.05) is 28.1 Å². The molecule has 2 aromatic carbocycles. The van der Waals surface area contributed by atoms with Crippen LogP contribution >= 0.6 is 27.5 Å². The van der Waals surface area contributed by atoms with Gasteiger partial charge in [-0.2, -0.15) is 0 Å². The Morgan fingerprint density at radius 3 is 2.71 bits per heavy atom. The van der Waals surface area contributed by atoms with E-state index in [0.29, 0.717) is 16.5 Å². The highest BCUT2D eigenvalue weighted by Crippen LogP contribution is 2.35. The first-order chi connectivity index (χ1) is 9.95. The van der Waals surface area contributed by atoms with Crippen LogP contribution in [0.15, 0.2) is 40.9 Å². The lowest BCUT2D eigenvalue weighted by atomic mass is 10.0. The van der Waals surface area contributed by atoms with Crippen molar-refractivity contribution in [2.24, 2.45) is 0 Å². The summed E-state index contributed by atoms with van der Waals surface area (Å²) in [7, 11) is 1.76. The molecule has 3 rings (SSSR count). The molecule has 0 spiro atoms. The van der Waals surface area contributed by atoms with Crippen LogP contribution in [0.5, 0.6) is 0 Å². The normalized spacial score (nSPS) is 15.2. The Bertz CT molecular complexity index is 714. The van der Waals surface area contributed by atoms with Gasteiger partial charge < -0.3 is 4.90 Å². The highest BCUT2D eigenvalue weighted by molar-refractivity contribution is 9.10. The molecule has 1 unspecified atom stereocenters. The molecule has 0 saturated carbocycles. The molecule has 1 aliphatic rings. The number of rotatable bonds is 2. The molecule has 0 fully saturated rings. The van der Waals surface area contributed by atoms with Crippen molar-refractivity contribution in [1.82, 2.24) is 0 Å². The number of halogens is 3. The number of carbonyl (C=O) groups is 1. The van der Waals surface area contributed by atoms with Crippen LogP contribution in [0.25, 0.3) is 0 Å². The summed E-state index contributed by atoms with van der Waals surface area (Å²) in [4.78, 5) is 13.3. The second kappa shape index (κ2) is 5.43. The molecular formula is C16H12BrClFNO. The molecule has 2 aromatic rings. The molecule has 2 nitrogen and oxygen atoms in total. The van der Waals surface area contributed by atoms with Gasteiger partial charge in [0.05, 0.1) is 11.8 Å². The van der Waals surface area contributed by atoms with Crippen LogP contribution in [0.3, 0.4) is 0 Å². The summed E-state index contributed by atoms with van der Waals surface area (Å²) in [5, 5.41) is -0.455. The summed E-state index contributed by atoms with van der Waals surface area (Å²) in [6.45, 7) is 0. The molecule has 0 radical (unpaired) electrons. The molecule has 108 valence electrons. The lowest BCUT2D eigenvalue weighted by Crippen LogP contribution is -2.20. The number of hydrogen-bond acceptors (Lipinski definition) is 1. The van der Waals surface area contributed by atoms with E-state index in [1.54, 1.807) is 18.0 Å². The SMILES string of the molecule is CN1C(=O)Cc2cc(C(Cl)c3cc(F)cc(Br)c3)ccc21. The molecule has 0 aromatic heterocycles. The standard InChI is InChI=1S/C16H12BrClFNO/c1-20-14-3-2-9(4-10(14)7-15(20)21)16(18)11-5-12(17)8-13(19)6-11/h2-6,8,16H,7H2,1H3. The Kier molecular flexibility index (Phi) is 3.76. The third kappa shape index (κ3) is 2.70. The van der Waals surface area contributed by atoms with Crippen molar-refractivity contribution in [3.8, 4) is 0 Å². The zero-order valence-corrected chi connectivity index (χ0v) is 13.6. The lowest BCUT2D eigenvalue weighted by Gasteiger charge is -2.14. The van der Waals surface area contributed by atoms with Gasteiger partial charge in [0.15, 0.2) is 0 Å². The van der Waals surface area contributed by atoms with Gasteiger partial charge in [0, 0.05) is 17.2 Å². The maximum Gasteiger partial charge on any atom is 0.231 e. The summed E-state index contributed by atoms with van der Waals surface area (Å²) in [5.74, 6) is -0.261. The smallest absolute Gasteiger partial charge is 0.231 e. The predicted octanol–water partition coefficient (Wildman–Crippen LogP) is 4.44. The van der Waals surface area contributed by atoms with Crippen molar-refractivity contribution in [1.29, 1.82) is 0 Å². The first kappa shape index (κ1) is 14.5. The van der Waals surface area contributed by atoms with E-state index in [0.717, 1.165) is 16.8 Å². The second-order valence-corrected chi connectivity index (χ2v) is 6.44. The van der Waals surface area contributed by atoms with Gasteiger partial charge in [0.2, 0.25) is 5.91 Å². The van der Waals surface area contributed by atoms with E-state index < -0.39 is 5.38 Å². The quantitative estimate of drug-likeness (QED) is 0.718. The molecule has 1 amide bonds. The zero-order valence-electron chi connectivity index (χ0n) is 11.2. The molecule has 0 saturated heterocycles. The summed E-state index contributed by atoms with van der Waals surface area (Å²) in [6, 6.07) is 10.3. The van der Waals surface area contributed by atoms with Crippen molar-refractivity contribution in [2.45, 2.75) is 11.8 Å². The maximum absolute atomic E-state index is 13.5. The second-order valence-electron chi connectivity index (χ2n) is 5.08. The zero-order chi connectivity index (χ0) is 15.1. The van der Waals surface area contributed by atoms with Crippen LogP contribution in [0.4, 0.5) is 10.1 Å². The number of nitrogens with zero attached hydrogens (tertiary/aromatic N) is 1. The highest BCUT2D eigenvalue weighted by Gasteiger charge is 2.25. The van der Waals surface area contributed by atoms with Crippen LogP contribution in [0.1, 0.15) is 22.1 Å². The molecule has 0 aliphatic carbocycles. The largest absolute Gasteiger partial charge is 0.315 e. The Labute approximate surface area is 135 Å². The average Bonchev–Trinajstić information content (AvgIpc) is 2.71. The van der Waals surface area contributed by atoms with E-state index >= 15 is 0 Å². The number of hydrogen-bond donors (Lipinski definition) is 0. The minimum absolute atomic E-state index is 0.0711. The fourth-order valence-electron chi connectivity index (χ4n) is 2.56. The summed E-state index contributed by atoms with van der Waals surface area (Å²) >= 11 is 9.73. The molecule has 21 heavy (non-hydrogen) atoms. The van der Waals surface area contributed by atoms with E-state index in [2.05, 4.69) is 15.9 Å². The van der Waals surface area contributed by atoms with E-state index in [-0.39, 0.29) is 11.7 Å². The predicted molar refractivity (Wildman–Crippen MR) is 85.4 cm³/mol. The first-order valence-electron chi connectivity index (χ1n) is 6.45. The van der Waals surface area contributed by atoms with Crippen molar-refractivity contribution < 1.29 is 9.18 Å². The number of carbonyl (C=O) groups excluding carboxylic acids is 1. The van der Waals surface area contributed by atoms with Crippen molar-refractivity contribution in [2.75, 3.05) is 11.9 Å². The number of benzene rings is 2. The fourth-order valence-corrected chi connectivity index (χ4v) is 3.31. The fraction of sp³-hybridized carbons (Fsp3) is 0.188. The molecule has 0 N–H and O–H groups in total. The van der Waals surface area contributed by atoms with Gasteiger partial charge in [-0.25, -0.2) is 4.39 Å². The third-order valence-corrected chi connectivity index (χ3v) is 4.61. The van der Waals surface area contributed by atoms with Gasteiger partial charge in [-0.3, -0.25) is 4.79 Å². The van der Waals surface area contributed by atoms with E-state index in [9.17, 15) is 9.18 Å². The van der Waals surface area contributed by atoms with Gasteiger partial charge in [-0.05, 0) is 41.0 Å². The van der Waals surface area contributed by atoms with Crippen LogP contribution < -0.4 is 4.90 Å². The number of fused-ring (bicyclic) bond motifs is 1.